The van der Waals surface area contributed by atoms with E-state index in [-0.39, 0.29) is 0 Å². The third-order valence-electron chi connectivity index (χ3n) is 1.82. The van der Waals surface area contributed by atoms with Crippen molar-refractivity contribution in [3.8, 4) is 11.5 Å². The van der Waals surface area contributed by atoms with Crippen LogP contribution in [0.5, 0.6) is 11.5 Å². The van der Waals surface area contributed by atoms with Crippen LogP contribution in [-0.4, -0.2) is 19.5 Å². The summed E-state index contributed by atoms with van der Waals surface area (Å²) in [7, 11) is 0. The first kappa shape index (κ1) is 12.7. The van der Waals surface area contributed by atoms with Crippen LogP contribution in [0.1, 0.15) is 13.8 Å². The molecule has 1 rings (SSSR count). The quantitative estimate of drug-likeness (QED) is 0.765. The molecular formula is C11H15BrO2S. The van der Waals surface area contributed by atoms with E-state index in [1.165, 1.54) is 0 Å². The molecule has 0 atom stereocenters. The van der Waals surface area contributed by atoms with Crippen LogP contribution in [0.4, 0.5) is 0 Å². The summed E-state index contributed by atoms with van der Waals surface area (Å²) in [5, 5.41) is 0. The van der Waals surface area contributed by atoms with Crippen LogP contribution >= 0.6 is 27.7 Å². The van der Waals surface area contributed by atoms with Crippen LogP contribution < -0.4 is 9.47 Å². The molecule has 0 aliphatic heterocycles. The van der Waals surface area contributed by atoms with Crippen LogP contribution in [0.3, 0.4) is 0 Å². The lowest BCUT2D eigenvalue weighted by atomic mass is 10.3. The molecule has 0 bridgehead atoms. The molecule has 2 nitrogen and oxygen atoms in total. The molecule has 0 heterocycles. The van der Waals surface area contributed by atoms with Gasteiger partial charge in [-0.15, -0.1) is 11.8 Å². The van der Waals surface area contributed by atoms with Gasteiger partial charge in [0.25, 0.3) is 0 Å². The van der Waals surface area contributed by atoms with Gasteiger partial charge >= 0.3 is 0 Å². The lowest BCUT2D eigenvalue weighted by Gasteiger charge is -2.14. The summed E-state index contributed by atoms with van der Waals surface area (Å²) in [5.74, 6) is 1.76. The first-order valence-corrected chi connectivity index (χ1v) is 6.88. The standard InChI is InChI=1S/C11H15BrO2S/c1-4-13-9-7-6-8(12)10(14-5-2)11(9)15-3/h6-7H,4-5H2,1-3H3. The molecule has 0 aromatic heterocycles. The van der Waals surface area contributed by atoms with Crippen molar-refractivity contribution in [1.29, 1.82) is 0 Å². The van der Waals surface area contributed by atoms with Crippen molar-refractivity contribution < 1.29 is 9.47 Å². The van der Waals surface area contributed by atoms with Crippen molar-refractivity contribution in [1.82, 2.24) is 0 Å². The maximum absolute atomic E-state index is 5.60. The van der Waals surface area contributed by atoms with Gasteiger partial charge in [-0.25, -0.2) is 0 Å². The molecule has 0 fully saturated rings. The Balaban J connectivity index is 3.14. The maximum atomic E-state index is 5.60. The van der Waals surface area contributed by atoms with Crippen LogP contribution in [-0.2, 0) is 0 Å². The molecule has 0 saturated heterocycles. The zero-order chi connectivity index (χ0) is 11.3. The second-order valence-electron chi connectivity index (χ2n) is 2.77. The first-order valence-electron chi connectivity index (χ1n) is 4.86. The number of thioether (sulfide) groups is 1. The molecule has 4 heteroatoms. The van der Waals surface area contributed by atoms with Crippen molar-refractivity contribution in [2.75, 3.05) is 19.5 Å². The number of ether oxygens (including phenoxy) is 2. The molecule has 1 aromatic rings. The van der Waals surface area contributed by atoms with Gasteiger partial charge in [-0.05, 0) is 48.2 Å². The van der Waals surface area contributed by atoms with E-state index in [1.807, 2.05) is 32.2 Å². The van der Waals surface area contributed by atoms with Gasteiger partial charge in [-0.3, -0.25) is 0 Å². The zero-order valence-electron chi connectivity index (χ0n) is 9.17. The fourth-order valence-corrected chi connectivity index (χ4v) is 2.52. The number of hydrogen-bond acceptors (Lipinski definition) is 3. The second-order valence-corrected chi connectivity index (χ2v) is 4.44. The van der Waals surface area contributed by atoms with Crippen LogP contribution in [0, 0.1) is 0 Å². The van der Waals surface area contributed by atoms with E-state index in [1.54, 1.807) is 11.8 Å². The number of halogens is 1. The monoisotopic (exact) mass is 290 g/mol. The van der Waals surface area contributed by atoms with Gasteiger partial charge in [0.2, 0.25) is 0 Å². The minimum atomic E-state index is 0.655. The van der Waals surface area contributed by atoms with Crippen molar-refractivity contribution in [3.05, 3.63) is 16.6 Å². The Labute approximate surface area is 103 Å². The van der Waals surface area contributed by atoms with Crippen LogP contribution in [0.25, 0.3) is 0 Å². The van der Waals surface area contributed by atoms with E-state index in [0.29, 0.717) is 13.2 Å². The van der Waals surface area contributed by atoms with Gasteiger partial charge in [-0.2, -0.15) is 0 Å². The van der Waals surface area contributed by atoms with Gasteiger partial charge in [0.05, 0.1) is 22.6 Å². The van der Waals surface area contributed by atoms with Gasteiger partial charge in [-0.1, -0.05) is 0 Å². The molecule has 84 valence electrons. The van der Waals surface area contributed by atoms with Gasteiger partial charge in [0.1, 0.15) is 5.75 Å². The third kappa shape index (κ3) is 3.05. The Bertz CT molecular complexity index is 329. The smallest absolute Gasteiger partial charge is 0.150 e. The average Bonchev–Trinajstić information content (AvgIpc) is 2.24. The Morgan fingerprint density at radius 3 is 2.40 bits per heavy atom. The molecule has 0 N–H and O–H groups in total. The van der Waals surface area contributed by atoms with Crippen molar-refractivity contribution in [2.24, 2.45) is 0 Å². The van der Waals surface area contributed by atoms with E-state index in [0.717, 1.165) is 20.9 Å². The Morgan fingerprint density at radius 1 is 1.20 bits per heavy atom. The molecule has 0 spiro atoms. The highest BCUT2D eigenvalue weighted by Crippen LogP contribution is 2.41. The SMILES string of the molecule is CCOc1ccc(Br)c(OCC)c1SC. The largest absolute Gasteiger partial charge is 0.493 e. The summed E-state index contributed by atoms with van der Waals surface area (Å²) in [6, 6.07) is 3.91. The van der Waals surface area contributed by atoms with Crippen LogP contribution in [0.2, 0.25) is 0 Å². The zero-order valence-corrected chi connectivity index (χ0v) is 11.6. The molecular weight excluding hydrogens is 276 g/mol. The summed E-state index contributed by atoms with van der Waals surface area (Å²) in [5.41, 5.74) is 0. The Hall–Kier alpha value is -0.350. The molecule has 1 aromatic carbocycles. The van der Waals surface area contributed by atoms with E-state index in [2.05, 4.69) is 15.9 Å². The fraction of sp³-hybridized carbons (Fsp3) is 0.455. The highest BCUT2D eigenvalue weighted by molar-refractivity contribution is 9.10. The number of rotatable bonds is 5. The lowest BCUT2D eigenvalue weighted by Crippen LogP contribution is -1.98. The average molecular weight is 291 g/mol. The van der Waals surface area contributed by atoms with E-state index >= 15 is 0 Å². The highest BCUT2D eigenvalue weighted by atomic mass is 79.9. The molecule has 0 amide bonds. The molecule has 0 aliphatic carbocycles. The van der Waals surface area contributed by atoms with E-state index in [4.69, 9.17) is 9.47 Å². The van der Waals surface area contributed by atoms with Crippen LogP contribution in [0.15, 0.2) is 21.5 Å². The Kier molecular flexibility index (Phi) is 5.32. The summed E-state index contributed by atoms with van der Waals surface area (Å²) < 4.78 is 12.1. The van der Waals surface area contributed by atoms with Gasteiger partial charge in [0, 0.05) is 0 Å². The topological polar surface area (TPSA) is 18.5 Å². The normalized spacial score (nSPS) is 10.1. The lowest BCUT2D eigenvalue weighted by molar-refractivity contribution is 0.307. The maximum Gasteiger partial charge on any atom is 0.150 e. The predicted octanol–water partition coefficient (Wildman–Crippen LogP) is 3.97. The first-order chi connectivity index (χ1) is 7.24. The molecule has 0 saturated carbocycles. The van der Waals surface area contributed by atoms with Gasteiger partial charge < -0.3 is 9.47 Å². The molecule has 0 radical (unpaired) electrons. The van der Waals surface area contributed by atoms with E-state index in [9.17, 15) is 0 Å². The highest BCUT2D eigenvalue weighted by Gasteiger charge is 2.13. The summed E-state index contributed by atoms with van der Waals surface area (Å²) in [6.07, 6.45) is 2.02. The minimum Gasteiger partial charge on any atom is -0.493 e. The van der Waals surface area contributed by atoms with Crippen molar-refractivity contribution >= 4 is 27.7 Å². The number of hydrogen-bond donors (Lipinski definition) is 0. The van der Waals surface area contributed by atoms with Crippen molar-refractivity contribution in [3.63, 3.8) is 0 Å². The molecule has 15 heavy (non-hydrogen) atoms. The Morgan fingerprint density at radius 2 is 1.87 bits per heavy atom. The molecule has 0 unspecified atom stereocenters. The predicted molar refractivity (Wildman–Crippen MR) is 68.3 cm³/mol. The second kappa shape index (κ2) is 6.28. The summed E-state index contributed by atoms with van der Waals surface area (Å²) in [6.45, 7) is 5.28. The van der Waals surface area contributed by atoms with Gasteiger partial charge in [0.15, 0.2) is 5.75 Å². The van der Waals surface area contributed by atoms with E-state index < -0.39 is 0 Å². The summed E-state index contributed by atoms with van der Waals surface area (Å²) >= 11 is 5.12. The summed E-state index contributed by atoms with van der Waals surface area (Å²) in [4.78, 5) is 1.05. The minimum absolute atomic E-state index is 0.655. The number of benzene rings is 1. The third-order valence-corrected chi connectivity index (χ3v) is 3.24. The molecule has 0 aliphatic rings. The van der Waals surface area contributed by atoms with Crippen molar-refractivity contribution in [2.45, 2.75) is 18.7 Å². The fourth-order valence-electron chi connectivity index (χ4n) is 1.26.